The maximum Gasteiger partial charge on any atom is 0.0371 e. The van der Waals surface area contributed by atoms with Crippen molar-refractivity contribution in [3.8, 4) is 0 Å². The Bertz CT molecular complexity index is 223. The first kappa shape index (κ1) is 8.61. The van der Waals surface area contributed by atoms with Crippen LogP contribution in [0.15, 0.2) is 35.4 Å². The molecule has 0 aromatic rings. The summed E-state index contributed by atoms with van der Waals surface area (Å²) in [6.45, 7) is 9.68. The first-order valence-corrected chi connectivity index (χ1v) is 4.25. The number of hydrogen-bond donors (Lipinski definition) is 0. The van der Waals surface area contributed by atoms with E-state index in [9.17, 15) is 0 Å². The molecule has 1 heteroatoms. The molecule has 60 valence electrons. The molecule has 1 atom stereocenters. The molecule has 0 N–H and O–H groups in total. The molecule has 1 aliphatic carbocycles. The molecular formula is C10H13Cl. The zero-order chi connectivity index (χ0) is 8.43. The summed E-state index contributed by atoms with van der Waals surface area (Å²) in [6.07, 6.45) is 4.18. The van der Waals surface area contributed by atoms with Crippen molar-refractivity contribution in [2.45, 2.75) is 19.8 Å². The molecule has 11 heavy (non-hydrogen) atoms. The van der Waals surface area contributed by atoms with Gasteiger partial charge in [-0.1, -0.05) is 37.8 Å². The molecule has 0 nitrogen and oxygen atoms in total. The standard InChI is InChI=1S/C10H13Cl/c1-4-9-6-5-7(2)10(9)8(3)11/h4,7H,1,3,5-6H2,2H3. The Morgan fingerprint density at radius 2 is 2.36 bits per heavy atom. The highest BCUT2D eigenvalue weighted by molar-refractivity contribution is 6.31. The summed E-state index contributed by atoms with van der Waals surface area (Å²) in [5, 5.41) is 0.685. The number of allylic oxidation sites excluding steroid dienone is 4. The van der Waals surface area contributed by atoms with E-state index in [1.54, 1.807) is 0 Å². The second-order valence-electron chi connectivity index (χ2n) is 2.99. The predicted octanol–water partition coefficient (Wildman–Crippen LogP) is 3.65. The Balaban J connectivity index is 2.99. The highest BCUT2D eigenvalue weighted by atomic mass is 35.5. The van der Waals surface area contributed by atoms with Gasteiger partial charge in [0.15, 0.2) is 0 Å². The number of halogens is 1. The minimum atomic E-state index is 0.563. The van der Waals surface area contributed by atoms with Gasteiger partial charge < -0.3 is 0 Å². The van der Waals surface area contributed by atoms with Crippen LogP contribution in [0, 0.1) is 5.92 Å². The topological polar surface area (TPSA) is 0 Å². The Hall–Kier alpha value is -0.490. The molecule has 0 heterocycles. The number of hydrogen-bond acceptors (Lipinski definition) is 0. The minimum absolute atomic E-state index is 0.563. The summed E-state index contributed by atoms with van der Waals surface area (Å²) in [6, 6.07) is 0. The lowest BCUT2D eigenvalue weighted by Gasteiger charge is -2.06. The summed E-state index contributed by atoms with van der Waals surface area (Å²) in [5.74, 6) is 0.563. The van der Waals surface area contributed by atoms with Gasteiger partial charge in [0, 0.05) is 5.03 Å². The monoisotopic (exact) mass is 168 g/mol. The van der Waals surface area contributed by atoms with E-state index in [1.807, 2.05) is 6.08 Å². The van der Waals surface area contributed by atoms with Crippen LogP contribution < -0.4 is 0 Å². The van der Waals surface area contributed by atoms with E-state index in [4.69, 9.17) is 11.6 Å². The van der Waals surface area contributed by atoms with Crippen LogP contribution in [0.3, 0.4) is 0 Å². The summed E-state index contributed by atoms with van der Waals surface area (Å²) >= 11 is 5.85. The Labute approximate surface area is 73.3 Å². The molecule has 0 radical (unpaired) electrons. The summed E-state index contributed by atoms with van der Waals surface area (Å²) in [4.78, 5) is 0. The largest absolute Gasteiger partial charge is 0.0988 e. The molecule has 0 aliphatic heterocycles. The molecule has 1 rings (SSSR count). The molecule has 1 aliphatic rings. The van der Waals surface area contributed by atoms with Gasteiger partial charge in [-0.15, -0.1) is 0 Å². The quantitative estimate of drug-likeness (QED) is 0.591. The van der Waals surface area contributed by atoms with Gasteiger partial charge in [0.2, 0.25) is 0 Å². The van der Waals surface area contributed by atoms with E-state index in [0.29, 0.717) is 11.0 Å². The fourth-order valence-electron chi connectivity index (χ4n) is 1.62. The third-order valence-corrected chi connectivity index (χ3v) is 2.43. The molecule has 0 amide bonds. The normalized spacial score (nSPS) is 24.0. The van der Waals surface area contributed by atoms with Gasteiger partial charge in [-0.25, -0.2) is 0 Å². The van der Waals surface area contributed by atoms with E-state index in [-0.39, 0.29) is 0 Å². The Kier molecular flexibility index (Phi) is 2.56. The molecule has 0 saturated heterocycles. The van der Waals surface area contributed by atoms with Crippen LogP contribution in [0.5, 0.6) is 0 Å². The van der Waals surface area contributed by atoms with Gasteiger partial charge in [0.25, 0.3) is 0 Å². The lowest BCUT2D eigenvalue weighted by molar-refractivity contribution is 0.679. The maximum atomic E-state index is 5.85. The molecule has 0 aromatic carbocycles. The van der Waals surface area contributed by atoms with Crippen molar-refractivity contribution in [3.63, 3.8) is 0 Å². The highest BCUT2D eigenvalue weighted by Gasteiger charge is 2.20. The summed E-state index contributed by atoms with van der Waals surface area (Å²) < 4.78 is 0. The first-order valence-electron chi connectivity index (χ1n) is 3.87. The smallest absolute Gasteiger partial charge is 0.0371 e. The van der Waals surface area contributed by atoms with Crippen LogP contribution in [0.4, 0.5) is 0 Å². The maximum absolute atomic E-state index is 5.85. The van der Waals surface area contributed by atoms with Gasteiger partial charge in [0.05, 0.1) is 0 Å². The SMILES string of the molecule is C=CC1=C(C(=C)Cl)C(C)CC1. The van der Waals surface area contributed by atoms with Crippen LogP contribution >= 0.6 is 11.6 Å². The van der Waals surface area contributed by atoms with Gasteiger partial charge in [0.1, 0.15) is 0 Å². The molecule has 0 bridgehead atoms. The molecule has 0 aromatic heterocycles. The van der Waals surface area contributed by atoms with Crippen molar-refractivity contribution in [1.29, 1.82) is 0 Å². The van der Waals surface area contributed by atoms with Crippen molar-refractivity contribution < 1.29 is 0 Å². The molecule has 0 fully saturated rings. The molecule has 0 saturated carbocycles. The van der Waals surface area contributed by atoms with Gasteiger partial charge in [-0.2, -0.15) is 0 Å². The lowest BCUT2D eigenvalue weighted by Crippen LogP contribution is -1.92. The zero-order valence-corrected chi connectivity index (χ0v) is 7.62. The van der Waals surface area contributed by atoms with Crippen molar-refractivity contribution in [2.24, 2.45) is 5.92 Å². The van der Waals surface area contributed by atoms with Gasteiger partial charge >= 0.3 is 0 Å². The molecule has 1 unspecified atom stereocenters. The molecule has 0 spiro atoms. The third kappa shape index (κ3) is 1.57. The van der Waals surface area contributed by atoms with Crippen molar-refractivity contribution in [1.82, 2.24) is 0 Å². The van der Waals surface area contributed by atoms with E-state index < -0.39 is 0 Å². The van der Waals surface area contributed by atoms with Crippen LogP contribution in [0.25, 0.3) is 0 Å². The van der Waals surface area contributed by atoms with Gasteiger partial charge in [-0.05, 0) is 29.9 Å². The van der Waals surface area contributed by atoms with E-state index in [2.05, 4.69) is 20.1 Å². The minimum Gasteiger partial charge on any atom is -0.0988 e. The average Bonchev–Trinajstić information content (AvgIpc) is 2.30. The third-order valence-electron chi connectivity index (χ3n) is 2.22. The van der Waals surface area contributed by atoms with Crippen LogP contribution in [0.2, 0.25) is 0 Å². The number of rotatable bonds is 2. The van der Waals surface area contributed by atoms with Crippen LogP contribution in [-0.2, 0) is 0 Å². The Morgan fingerprint density at radius 3 is 2.73 bits per heavy atom. The first-order chi connectivity index (χ1) is 5.16. The summed E-state index contributed by atoms with van der Waals surface area (Å²) in [5.41, 5.74) is 2.49. The summed E-state index contributed by atoms with van der Waals surface area (Å²) in [7, 11) is 0. The molecular weight excluding hydrogens is 156 g/mol. The van der Waals surface area contributed by atoms with E-state index >= 15 is 0 Å². The van der Waals surface area contributed by atoms with Crippen LogP contribution in [0.1, 0.15) is 19.8 Å². The lowest BCUT2D eigenvalue weighted by atomic mass is 10.0. The van der Waals surface area contributed by atoms with Crippen molar-refractivity contribution >= 4 is 11.6 Å². The van der Waals surface area contributed by atoms with Crippen LogP contribution in [-0.4, -0.2) is 0 Å². The highest BCUT2D eigenvalue weighted by Crippen LogP contribution is 2.37. The van der Waals surface area contributed by atoms with E-state index in [1.165, 1.54) is 17.6 Å². The fourth-order valence-corrected chi connectivity index (χ4v) is 1.93. The van der Waals surface area contributed by atoms with E-state index in [0.717, 1.165) is 6.42 Å². The van der Waals surface area contributed by atoms with Gasteiger partial charge in [-0.3, -0.25) is 0 Å². The zero-order valence-electron chi connectivity index (χ0n) is 6.86. The second kappa shape index (κ2) is 3.27. The average molecular weight is 169 g/mol. The predicted molar refractivity (Wildman–Crippen MR) is 50.6 cm³/mol. The fraction of sp³-hybridized carbons (Fsp3) is 0.400. The van der Waals surface area contributed by atoms with Crippen molar-refractivity contribution in [2.75, 3.05) is 0 Å². The Morgan fingerprint density at radius 1 is 1.73 bits per heavy atom. The van der Waals surface area contributed by atoms with Crippen molar-refractivity contribution in [3.05, 3.63) is 35.4 Å². The second-order valence-corrected chi connectivity index (χ2v) is 3.44.